The van der Waals surface area contributed by atoms with Gasteiger partial charge in [-0.2, -0.15) is 5.26 Å². The van der Waals surface area contributed by atoms with E-state index >= 15 is 0 Å². The van der Waals surface area contributed by atoms with E-state index in [1.807, 2.05) is 30.7 Å². The molecular formula is C17H19N7. The normalized spacial score (nSPS) is 10.8. The lowest BCUT2D eigenvalue weighted by atomic mass is 10.1. The van der Waals surface area contributed by atoms with Gasteiger partial charge in [0, 0.05) is 19.7 Å². The number of nitrogens with zero attached hydrogens (tertiary/aromatic N) is 6. The molecule has 0 spiro atoms. The molecule has 0 atom stereocenters. The molecule has 0 bridgehead atoms. The summed E-state index contributed by atoms with van der Waals surface area (Å²) in [6.45, 7) is 4.80. The number of aromatic nitrogens is 4. The summed E-state index contributed by atoms with van der Waals surface area (Å²) >= 11 is 0. The second-order valence-corrected chi connectivity index (χ2v) is 5.50. The van der Waals surface area contributed by atoms with E-state index < -0.39 is 0 Å². The first-order valence-electron chi connectivity index (χ1n) is 7.83. The van der Waals surface area contributed by atoms with E-state index in [-0.39, 0.29) is 0 Å². The van der Waals surface area contributed by atoms with Crippen LogP contribution in [0.2, 0.25) is 0 Å². The Morgan fingerprint density at radius 1 is 1.29 bits per heavy atom. The van der Waals surface area contributed by atoms with Crippen LogP contribution in [0.15, 0.2) is 24.7 Å². The molecule has 0 unspecified atom stereocenters. The molecule has 0 amide bonds. The topological polar surface area (TPSA) is 96.7 Å². The largest absolute Gasteiger partial charge is 0.382 e. The van der Waals surface area contributed by atoms with Crippen LogP contribution < -0.4 is 10.6 Å². The van der Waals surface area contributed by atoms with E-state index in [4.69, 9.17) is 11.0 Å². The Morgan fingerprint density at radius 3 is 2.75 bits per heavy atom. The highest BCUT2D eigenvalue weighted by atomic mass is 15.2. The number of nitrogens with two attached hydrogens (primary N) is 1. The Hall–Kier alpha value is -3.14. The van der Waals surface area contributed by atoms with Gasteiger partial charge in [0.05, 0.1) is 23.7 Å². The number of nitrogen functional groups attached to an aromatic ring is 1. The molecule has 122 valence electrons. The van der Waals surface area contributed by atoms with Crippen molar-refractivity contribution in [2.24, 2.45) is 7.05 Å². The molecule has 7 heteroatoms. The number of aryl methyl sites for hydroxylation is 2. The van der Waals surface area contributed by atoms with Crippen molar-refractivity contribution in [3.05, 3.63) is 35.9 Å². The zero-order valence-corrected chi connectivity index (χ0v) is 14.0. The monoisotopic (exact) mass is 321 g/mol. The third-order valence-electron chi connectivity index (χ3n) is 4.07. The van der Waals surface area contributed by atoms with Gasteiger partial charge in [0.25, 0.3) is 0 Å². The van der Waals surface area contributed by atoms with Gasteiger partial charge in [-0.3, -0.25) is 0 Å². The molecule has 3 aromatic heterocycles. The summed E-state index contributed by atoms with van der Waals surface area (Å²) in [6, 6.07) is 5.88. The van der Waals surface area contributed by atoms with E-state index in [9.17, 15) is 0 Å². The van der Waals surface area contributed by atoms with Gasteiger partial charge in [-0.1, -0.05) is 6.92 Å². The van der Waals surface area contributed by atoms with Gasteiger partial charge in [0.1, 0.15) is 23.1 Å². The number of imidazole rings is 1. The van der Waals surface area contributed by atoms with Crippen molar-refractivity contribution in [3.63, 3.8) is 0 Å². The maximum absolute atomic E-state index is 9.06. The van der Waals surface area contributed by atoms with E-state index in [0.717, 1.165) is 29.0 Å². The van der Waals surface area contributed by atoms with E-state index in [2.05, 4.69) is 32.8 Å². The van der Waals surface area contributed by atoms with Crippen LogP contribution in [0.4, 0.5) is 17.3 Å². The van der Waals surface area contributed by atoms with Crippen molar-refractivity contribution in [1.82, 2.24) is 19.5 Å². The minimum Gasteiger partial charge on any atom is -0.382 e. The molecule has 3 aromatic rings. The molecule has 0 fully saturated rings. The maximum Gasteiger partial charge on any atom is 0.154 e. The van der Waals surface area contributed by atoms with Crippen molar-refractivity contribution in [3.8, 4) is 6.07 Å². The van der Waals surface area contributed by atoms with Crippen LogP contribution in [0, 0.1) is 11.3 Å². The lowest BCUT2D eigenvalue weighted by molar-refractivity contribution is 0.940. The highest BCUT2D eigenvalue weighted by Crippen LogP contribution is 2.30. The summed E-state index contributed by atoms with van der Waals surface area (Å²) in [4.78, 5) is 15.1. The Bertz CT molecular complexity index is 936. The van der Waals surface area contributed by atoms with Gasteiger partial charge < -0.3 is 15.2 Å². The fourth-order valence-electron chi connectivity index (χ4n) is 2.81. The number of pyridine rings is 2. The van der Waals surface area contributed by atoms with Crippen LogP contribution in [-0.2, 0) is 13.5 Å². The first-order valence-corrected chi connectivity index (χ1v) is 7.83. The van der Waals surface area contributed by atoms with Crippen LogP contribution in [0.3, 0.4) is 0 Å². The van der Waals surface area contributed by atoms with Gasteiger partial charge in [-0.05, 0) is 25.0 Å². The van der Waals surface area contributed by atoms with Crippen LogP contribution in [-0.4, -0.2) is 26.1 Å². The van der Waals surface area contributed by atoms with Gasteiger partial charge in [0.15, 0.2) is 5.82 Å². The van der Waals surface area contributed by atoms with Gasteiger partial charge >= 0.3 is 0 Å². The van der Waals surface area contributed by atoms with Crippen molar-refractivity contribution in [2.75, 3.05) is 17.2 Å². The highest BCUT2D eigenvalue weighted by Gasteiger charge is 2.17. The average molecular weight is 321 g/mol. The Kier molecular flexibility index (Phi) is 4.04. The molecule has 2 N–H and O–H groups in total. The molecular weight excluding hydrogens is 302 g/mol. The Balaban J connectivity index is 2.16. The standard InChI is InChI=1S/C17H19N7/c1-4-11-6-12(8-18)20-9-14(11)24(5-2)15-7-13-16(17(19)22-15)21-10-23(13)3/h6-7,9-10H,4-5H2,1-3H3,(H2,19,22). The SMILES string of the molecule is CCc1cc(C#N)ncc1N(CC)c1cc2c(ncn2C)c(N)n1. The smallest absolute Gasteiger partial charge is 0.154 e. The Labute approximate surface area is 140 Å². The fourth-order valence-corrected chi connectivity index (χ4v) is 2.81. The van der Waals surface area contributed by atoms with Crippen LogP contribution in [0.25, 0.3) is 11.0 Å². The van der Waals surface area contributed by atoms with E-state index in [1.165, 1.54) is 0 Å². The highest BCUT2D eigenvalue weighted by molar-refractivity contribution is 5.88. The van der Waals surface area contributed by atoms with Crippen LogP contribution >= 0.6 is 0 Å². The minimum absolute atomic E-state index is 0.404. The molecule has 24 heavy (non-hydrogen) atoms. The number of nitriles is 1. The van der Waals surface area contributed by atoms with Crippen molar-refractivity contribution in [2.45, 2.75) is 20.3 Å². The quantitative estimate of drug-likeness (QED) is 0.793. The molecule has 0 aliphatic rings. The summed E-state index contributed by atoms with van der Waals surface area (Å²) in [5, 5.41) is 9.06. The van der Waals surface area contributed by atoms with E-state index in [1.54, 1.807) is 12.5 Å². The van der Waals surface area contributed by atoms with Crippen molar-refractivity contribution in [1.29, 1.82) is 5.26 Å². The molecule has 3 heterocycles. The molecule has 0 aliphatic carbocycles. The molecule has 0 aliphatic heterocycles. The van der Waals surface area contributed by atoms with Gasteiger partial charge in [-0.25, -0.2) is 15.0 Å². The zero-order valence-electron chi connectivity index (χ0n) is 14.0. The third-order valence-corrected chi connectivity index (χ3v) is 4.07. The van der Waals surface area contributed by atoms with Crippen LogP contribution in [0.5, 0.6) is 0 Å². The van der Waals surface area contributed by atoms with Crippen LogP contribution in [0.1, 0.15) is 25.1 Å². The zero-order chi connectivity index (χ0) is 17.3. The number of hydrogen-bond acceptors (Lipinski definition) is 6. The predicted octanol–water partition coefficient (Wildman–Crippen LogP) is 2.54. The fraction of sp³-hybridized carbons (Fsp3) is 0.294. The summed E-state index contributed by atoms with van der Waals surface area (Å²) in [5.41, 5.74) is 10.1. The third kappa shape index (κ3) is 2.52. The first kappa shape index (κ1) is 15.7. The van der Waals surface area contributed by atoms with E-state index in [0.29, 0.717) is 23.6 Å². The van der Waals surface area contributed by atoms with Gasteiger partial charge in [0.2, 0.25) is 0 Å². The molecule has 7 nitrogen and oxygen atoms in total. The lowest BCUT2D eigenvalue weighted by Gasteiger charge is -2.24. The molecule has 0 saturated carbocycles. The van der Waals surface area contributed by atoms with Crippen molar-refractivity contribution >= 4 is 28.4 Å². The number of anilines is 3. The first-order chi connectivity index (χ1) is 11.6. The maximum atomic E-state index is 9.06. The molecule has 3 rings (SSSR count). The summed E-state index contributed by atoms with van der Waals surface area (Å²) in [6.07, 6.45) is 4.25. The lowest BCUT2D eigenvalue weighted by Crippen LogP contribution is -2.20. The minimum atomic E-state index is 0.404. The average Bonchev–Trinajstić information content (AvgIpc) is 2.97. The second kappa shape index (κ2) is 6.16. The molecule has 0 saturated heterocycles. The summed E-state index contributed by atoms with van der Waals surface area (Å²) < 4.78 is 1.92. The van der Waals surface area contributed by atoms with Gasteiger partial charge in [-0.15, -0.1) is 0 Å². The number of rotatable bonds is 4. The summed E-state index contributed by atoms with van der Waals surface area (Å²) in [7, 11) is 1.93. The second-order valence-electron chi connectivity index (χ2n) is 5.50. The Morgan fingerprint density at radius 2 is 2.08 bits per heavy atom. The molecule has 0 radical (unpaired) electrons. The molecule has 0 aromatic carbocycles. The predicted molar refractivity (Wildman–Crippen MR) is 93.9 cm³/mol. The summed E-state index contributed by atoms with van der Waals surface area (Å²) in [5.74, 6) is 1.15. The van der Waals surface area contributed by atoms with Crippen molar-refractivity contribution < 1.29 is 0 Å². The number of hydrogen-bond donors (Lipinski definition) is 1. The number of fused-ring (bicyclic) bond motifs is 1.